The molecular formula is C26H20FNO3. The average molecular weight is 413 g/mol. The Morgan fingerprint density at radius 1 is 1.03 bits per heavy atom. The summed E-state index contributed by atoms with van der Waals surface area (Å²) in [5, 5.41) is 2.68. The van der Waals surface area contributed by atoms with Gasteiger partial charge in [0, 0.05) is 30.0 Å². The minimum atomic E-state index is -0.509. The van der Waals surface area contributed by atoms with Gasteiger partial charge in [-0.1, -0.05) is 60.4 Å². The van der Waals surface area contributed by atoms with Crippen LogP contribution in [-0.4, -0.2) is 25.5 Å². The number of amides is 1. The van der Waals surface area contributed by atoms with E-state index >= 15 is 0 Å². The Bertz CT molecular complexity index is 1150. The van der Waals surface area contributed by atoms with E-state index in [0.29, 0.717) is 24.8 Å². The highest BCUT2D eigenvalue weighted by Crippen LogP contribution is 2.44. The molecule has 0 fully saturated rings. The lowest BCUT2D eigenvalue weighted by atomic mass is 9.98. The Balaban J connectivity index is 1.29. The monoisotopic (exact) mass is 413 g/mol. The van der Waals surface area contributed by atoms with E-state index in [4.69, 9.17) is 4.74 Å². The maximum atomic E-state index is 13.4. The van der Waals surface area contributed by atoms with Crippen LogP contribution in [0.1, 0.15) is 39.4 Å². The molecule has 1 amide bonds. The molecule has 31 heavy (non-hydrogen) atoms. The lowest BCUT2D eigenvalue weighted by Gasteiger charge is -2.14. The van der Waals surface area contributed by atoms with Gasteiger partial charge in [0.05, 0.1) is 0 Å². The molecule has 5 heteroatoms. The quantitative estimate of drug-likeness (QED) is 0.367. The molecule has 0 bridgehead atoms. The van der Waals surface area contributed by atoms with Crippen LogP contribution in [-0.2, 0) is 4.74 Å². The Morgan fingerprint density at radius 2 is 1.71 bits per heavy atom. The standard InChI is InChI=1S/C26H20FNO3/c27-20-14-18(13-19(15-20)16-29)7-5-6-12-28-26(30)31-17-25-23-10-3-1-8-21(23)22-9-2-4-11-24(22)25/h1-4,8-11,13-16,25H,6,12,17H2,(H,28,30). The number of rotatable bonds is 5. The minimum absolute atomic E-state index is 0.0120. The third kappa shape index (κ3) is 4.65. The number of hydrogen-bond donors (Lipinski definition) is 1. The first-order chi connectivity index (χ1) is 15.2. The van der Waals surface area contributed by atoms with Crippen molar-refractivity contribution in [1.82, 2.24) is 5.32 Å². The number of nitrogens with one attached hydrogen (secondary N) is 1. The van der Waals surface area contributed by atoms with E-state index < -0.39 is 11.9 Å². The van der Waals surface area contributed by atoms with E-state index in [0.717, 1.165) is 17.2 Å². The lowest BCUT2D eigenvalue weighted by molar-refractivity contribution is 0.112. The highest BCUT2D eigenvalue weighted by Gasteiger charge is 2.28. The van der Waals surface area contributed by atoms with Gasteiger partial charge in [0.15, 0.2) is 0 Å². The fourth-order valence-corrected chi connectivity index (χ4v) is 3.79. The predicted octanol–water partition coefficient (Wildman–Crippen LogP) is 4.92. The van der Waals surface area contributed by atoms with Crippen LogP contribution in [0.2, 0.25) is 0 Å². The van der Waals surface area contributed by atoms with Crippen LogP contribution in [0.4, 0.5) is 9.18 Å². The highest BCUT2D eigenvalue weighted by molar-refractivity contribution is 5.79. The molecule has 0 saturated heterocycles. The van der Waals surface area contributed by atoms with Crippen molar-refractivity contribution >= 4 is 12.4 Å². The molecule has 4 rings (SSSR count). The second-order valence-corrected chi connectivity index (χ2v) is 7.20. The number of benzene rings is 3. The fraction of sp³-hybridized carbons (Fsp3) is 0.154. The molecule has 0 atom stereocenters. The molecule has 3 aromatic rings. The van der Waals surface area contributed by atoms with Gasteiger partial charge in [0.1, 0.15) is 18.7 Å². The zero-order valence-corrected chi connectivity index (χ0v) is 16.7. The SMILES string of the molecule is O=Cc1cc(F)cc(C#CCCNC(=O)OCC2c3ccccc3-c3ccccc32)c1. The molecule has 0 heterocycles. The largest absolute Gasteiger partial charge is 0.449 e. The summed E-state index contributed by atoms with van der Waals surface area (Å²) in [5.74, 6) is 5.15. The number of ether oxygens (including phenoxy) is 1. The van der Waals surface area contributed by atoms with Gasteiger partial charge in [-0.15, -0.1) is 0 Å². The van der Waals surface area contributed by atoms with E-state index in [1.807, 2.05) is 24.3 Å². The van der Waals surface area contributed by atoms with Gasteiger partial charge in [-0.05, 0) is 40.5 Å². The van der Waals surface area contributed by atoms with Crippen molar-refractivity contribution in [1.29, 1.82) is 0 Å². The summed E-state index contributed by atoms with van der Waals surface area (Å²) in [6.07, 6.45) is 0.446. The Morgan fingerprint density at radius 3 is 2.39 bits per heavy atom. The van der Waals surface area contributed by atoms with Crippen LogP contribution in [0, 0.1) is 17.7 Å². The summed E-state index contributed by atoms with van der Waals surface area (Å²) >= 11 is 0. The molecule has 1 aliphatic rings. The van der Waals surface area contributed by atoms with Crippen molar-refractivity contribution in [2.45, 2.75) is 12.3 Å². The number of carbonyl (C=O) groups is 2. The summed E-state index contributed by atoms with van der Waals surface area (Å²) in [6.45, 7) is 0.558. The van der Waals surface area contributed by atoms with Crippen molar-refractivity contribution < 1.29 is 18.7 Å². The van der Waals surface area contributed by atoms with Crippen LogP contribution in [0.25, 0.3) is 11.1 Å². The first-order valence-electron chi connectivity index (χ1n) is 9.99. The Labute approximate surface area is 180 Å². The summed E-state index contributed by atoms with van der Waals surface area (Å²) < 4.78 is 18.9. The molecule has 0 aromatic heterocycles. The highest BCUT2D eigenvalue weighted by atomic mass is 19.1. The number of alkyl carbamates (subject to hydrolysis) is 1. The Hall–Kier alpha value is -3.91. The molecule has 0 aliphatic heterocycles. The fourth-order valence-electron chi connectivity index (χ4n) is 3.79. The van der Waals surface area contributed by atoms with Gasteiger partial charge in [-0.2, -0.15) is 0 Å². The third-order valence-corrected chi connectivity index (χ3v) is 5.15. The van der Waals surface area contributed by atoms with Crippen molar-refractivity contribution in [3.8, 4) is 23.0 Å². The second kappa shape index (κ2) is 9.27. The third-order valence-electron chi connectivity index (χ3n) is 5.15. The molecule has 0 spiro atoms. The van der Waals surface area contributed by atoms with Crippen molar-refractivity contribution in [3.63, 3.8) is 0 Å². The predicted molar refractivity (Wildman–Crippen MR) is 116 cm³/mol. The van der Waals surface area contributed by atoms with Crippen LogP contribution in [0.15, 0.2) is 66.7 Å². The summed E-state index contributed by atoms with van der Waals surface area (Å²) in [7, 11) is 0. The van der Waals surface area contributed by atoms with Gasteiger partial charge in [0.25, 0.3) is 0 Å². The lowest BCUT2D eigenvalue weighted by Crippen LogP contribution is -2.26. The van der Waals surface area contributed by atoms with Crippen LogP contribution in [0.3, 0.4) is 0 Å². The maximum absolute atomic E-state index is 13.4. The number of fused-ring (bicyclic) bond motifs is 3. The average Bonchev–Trinajstić information content (AvgIpc) is 3.11. The van der Waals surface area contributed by atoms with Crippen molar-refractivity contribution in [2.75, 3.05) is 13.2 Å². The normalized spacial score (nSPS) is 11.6. The van der Waals surface area contributed by atoms with Crippen LogP contribution < -0.4 is 5.32 Å². The zero-order valence-electron chi connectivity index (χ0n) is 16.7. The van der Waals surface area contributed by atoms with Crippen molar-refractivity contribution in [3.05, 3.63) is 94.8 Å². The van der Waals surface area contributed by atoms with E-state index in [2.05, 4.69) is 41.4 Å². The van der Waals surface area contributed by atoms with E-state index in [9.17, 15) is 14.0 Å². The maximum Gasteiger partial charge on any atom is 0.407 e. The molecule has 0 unspecified atom stereocenters. The molecular weight excluding hydrogens is 393 g/mol. The van der Waals surface area contributed by atoms with Crippen molar-refractivity contribution in [2.24, 2.45) is 0 Å². The number of aldehydes is 1. The van der Waals surface area contributed by atoms with E-state index in [1.54, 1.807) is 0 Å². The first kappa shape index (κ1) is 20.4. The molecule has 0 saturated carbocycles. The molecule has 3 aromatic carbocycles. The summed E-state index contributed by atoms with van der Waals surface area (Å²) in [4.78, 5) is 22.9. The van der Waals surface area contributed by atoms with Gasteiger partial charge < -0.3 is 10.1 Å². The molecule has 0 radical (unpaired) electrons. The number of carbonyl (C=O) groups excluding carboxylic acids is 2. The van der Waals surface area contributed by atoms with Crippen LogP contribution >= 0.6 is 0 Å². The topological polar surface area (TPSA) is 55.4 Å². The molecule has 154 valence electrons. The number of halogens is 1. The van der Waals surface area contributed by atoms with Gasteiger partial charge in [-0.3, -0.25) is 4.79 Å². The van der Waals surface area contributed by atoms with E-state index in [1.165, 1.54) is 23.3 Å². The van der Waals surface area contributed by atoms with Crippen LogP contribution in [0.5, 0.6) is 0 Å². The Kier molecular flexibility index (Phi) is 6.09. The summed E-state index contributed by atoms with van der Waals surface area (Å²) in [5.41, 5.74) is 5.33. The zero-order chi connectivity index (χ0) is 21.6. The molecule has 1 aliphatic carbocycles. The van der Waals surface area contributed by atoms with Gasteiger partial charge in [-0.25, -0.2) is 9.18 Å². The first-order valence-corrected chi connectivity index (χ1v) is 9.99. The summed E-state index contributed by atoms with van der Waals surface area (Å²) in [6, 6.07) is 20.2. The number of hydrogen-bond acceptors (Lipinski definition) is 3. The second-order valence-electron chi connectivity index (χ2n) is 7.20. The van der Waals surface area contributed by atoms with Gasteiger partial charge in [0.2, 0.25) is 0 Å². The van der Waals surface area contributed by atoms with Gasteiger partial charge >= 0.3 is 6.09 Å². The smallest absolute Gasteiger partial charge is 0.407 e. The van der Waals surface area contributed by atoms with E-state index in [-0.39, 0.29) is 18.1 Å². The molecule has 4 nitrogen and oxygen atoms in total. The molecule has 1 N–H and O–H groups in total. The minimum Gasteiger partial charge on any atom is -0.449 e.